The lowest BCUT2D eigenvalue weighted by atomic mass is 10.1. The summed E-state index contributed by atoms with van der Waals surface area (Å²) in [6.07, 6.45) is 0. The maximum atomic E-state index is 12.5. The van der Waals surface area contributed by atoms with Crippen LogP contribution in [0.5, 0.6) is 0 Å². The van der Waals surface area contributed by atoms with Crippen LogP contribution in [0, 0.1) is 0 Å². The highest BCUT2D eigenvalue weighted by Gasteiger charge is 2.24. The van der Waals surface area contributed by atoms with E-state index in [1.165, 1.54) is 0 Å². The van der Waals surface area contributed by atoms with Crippen molar-refractivity contribution in [2.24, 2.45) is 0 Å². The zero-order valence-electron chi connectivity index (χ0n) is 11.6. The van der Waals surface area contributed by atoms with Gasteiger partial charge in [0.15, 0.2) is 0 Å². The molecule has 2 aromatic rings. The van der Waals surface area contributed by atoms with Gasteiger partial charge in [0.2, 0.25) is 0 Å². The Kier molecular flexibility index (Phi) is 3.34. The summed E-state index contributed by atoms with van der Waals surface area (Å²) in [6.45, 7) is 4.18. The molecule has 7 heteroatoms. The van der Waals surface area contributed by atoms with E-state index in [2.05, 4.69) is 15.3 Å². The number of piperazine rings is 1. The third-order valence-corrected chi connectivity index (χ3v) is 3.73. The minimum atomic E-state index is -0.720. The van der Waals surface area contributed by atoms with Gasteiger partial charge < -0.3 is 20.2 Å². The first kappa shape index (κ1) is 13.6. The largest absolute Gasteiger partial charge is 0.333 e. The highest BCUT2D eigenvalue weighted by molar-refractivity contribution is 5.97. The Balaban J connectivity index is 2.00. The molecule has 2 heterocycles. The van der Waals surface area contributed by atoms with Gasteiger partial charge in [0.1, 0.15) is 0 Å². The van der Waals surface area contributed by atoms with E-state index >= 15 is 0 Å². The summed E-state index contributed by atoms with van der Waals surface area (Å²) in [4.78, 5) is 41.9. The summed E-state index contributed by atoms with van der Waals surface area (Å²) in [7, 11) is 0. The van der Waals surface area contributed by atoms with Crippen LogP contribution in [0.4, 0.5) is 0 Å². The average Bonchev–Trinajstić information content (AvgIpc) is 2.48. The number of nitrogens with one attached hydrogen (secondary N) is 3. The van der Waals surface area contributed by atoms with E-state index in [9.17, 15) is 14.4 Å². The Bertz CT molecular complexity index is 808. The van der Waals surface area contributed by atoms with E-state index in [0.717, 1.165) is 13.1 Å². The Morgan fingerprint density at radius 1 is 1.19 bits per heavy atom. The Morgan fingerprint density at radius 3 is 2.62 bits per heavy atom. The van der Waals surface area contributed by atoms with E-state index < -0.39 is 11.1 Å². The van der Waals surface area contributed by atoms with Gasteiger partial charge in [-0.05, 0) is 25.1 Å². The number of nitrogens with zero attached hydrogens (tertiary/aromatic N) is 1. The van der Waals surface area contributed by atoms with Crippen molar-refractivity contribution in [1.82, 2.24) is 20.2 Å². The third kappa shape index (κ3) is 2.47. The van der Waals surface area contributed by atoms with Gasteiger partial charge in [-0.2, -0.15) is 0 Å². The van der Waals surface area contributed by atoms with Crippen LogP contribution in [0.25, 0.3) is 11.0 Å². The Labute approximate surface area is 120 Å². The Morgan fingerprint density at radius 2 is 1.90 bits per heavy atom. The number of H-pyrrole nitrogens is 2. The summed E-state index contributed by atoms with van der Waals surface area (Å²) < 4.78 is 0. The van der Waals surface area contributed by atoms with Crippen LogP contribution in [-0.4, -0.2) is 46.5 Å². The van der Waals surface area contributed by atoms with Gasteiger partial charge in [0.05, 0.1) is 11.0 Å². The first-order chi connectivity index (χ1) is 10.1. The summed E-state index contributed by atoms with van der Waals surface area (Å²) in [5.41, 5.74) is 0.0386. The molecule has 0 bridgehead atoms. The number of carbonyl (C=O) groups is 1. The average molecular weight is 288 g/mol. The van der Waals surface area contributed by atoms with Crippen LogP contribution in [0.2, 0.25) is 0 Å². The molecule has 0 spiro atoms. The topological polar surface area (TPSA) is 98.1 Å². The molecule has 110 valence electrons. The molecule has 0 unspecified atom stereocenters. The molecule has 1 saturated heterocycles. The van der Waals surface area contributed by atoms with Crippen molar-refractivity contribution in [3.63, 3.8) is 0 Å². The van der Waals surface area contributed by atoms with E-state index in [1.807, 2.05) is 6.92 Å². The molecule has 7 nitrogen and oxygen atoms in total. The second-order valence-electron chi connectivity index (χ2n) is 5.22. The lowest BCUT2D eigenvalue weighted by Crippen LogP contribution is -2.52. The van der Waals surface area contributed by atoms with Crippen LogP contribution >= 0.6 is 0 Å². The predicted molar refractivity (Wildman–Crippen MR) is 78.6 cm³/mol. The number of aromatic nitrogens is 2. The van der Waals surface area contributed by atoms with Gasteiger partial charge in [-0.25, -0.2) is 0 Å². The van der Waals surface area contributed by atoms with Gasteiger partial charge in [-0.15, -0.1) is 0 Å². The van der Waals surface area contributed by atoms with Crippen molar-refractivity contribution in [2.75, 3.05) is 19.6 Å². The van der Waals surface area contributed by atoms with Crippen molar-refractivity contribution in [2.45, 2.75) is 13.0 Å². The second kappa shape index (κ2) is 5.17. The summed E-state index contributed by atoms with van der Waals surface area (Å²) >= 11 is 0. The van der Waals surface area contributed by atoms with Gasteiger partial charge in [0.25, 0.3) is 5.91 Å². The monoisotopic (exact) mass is 288 g/mol. The zero-order valence-corrected chi connectivity index (χ0v) is 11.6. The van der Waals surface area contributed by atoms with E-state index in [4.69, 9.17) is 0 Å². The molecule has 21 heavy (non-hydrogen) atoms. The number of amides is 1. The van der Waals surface area contributed by atoms with Crippen LogP contribution < -0.4 is 16.4 Å². The molecular formula is C14H16N4O3. The fourth-order valence-corrected chi connectivity index (χ4v) is 2.56. The minimum absolute atomic E-state index is 0.0713. The first-order valence-electron chi connectivity index (χ1n) is 6.84. The molecule has 1 atom stereocenters. The summed E-state index contributed by atoms with van der Waals surface area (Å²) in [5, 5.41) is 3.23. The smallest absolute Gasteiger partial charge is 0.314 e. The zero-order chi connectivity index (χ0) is 15.0. The van der Waals surface area contributed by atoms with Gasteiger partial charge >= 0.3 is 11.1 Å². The molecule has 0 aliphatic carbocycles. The van der Waals surface area contributed by atoms with Crippen LogP contribution in [0.15, 0.2) is 27.8 Å². The molecule has 1 aromatic carbocycles. The molecule has 1 fully saturated rings. The number of hydrogen-bond acceptors (Lipinski definition) is 4. The molecule has 3 N–H and O–H groups in total. The number of carbonyl (C=O) groups excluding carboxylic acids is 1. The molecule has 0 radical (unpaired) electrons. The molecule has 1 aromatic heterocycles. The quantitative estimate of drug-likeness (QED) is 0.625. The normalized spacial score (nSPS) is 18.9. The van der Waals surface area contributed by atoms with E-state index in [0.29, 0.717) is 23.1 Å². The summed E-state index contributed by atoms with van der Waals surface area (Å²) in [5.74, 6) is -0.0713. The lowest BCUT2D eigenvalue weighted by molar-refractivity contribution is 0.0656. The van der Waals surface area contributed by atoms with Crippen molar-refractivity contribution < 1.29 is 4.79 Å². The van der Waals surface area contributed by atoms with E-state index in [1.54, 1.807) is 23.1 Å². The number of aromatic amines is 2. The molecule has 3 rings (SSSR count). The van der Waals surface area contributed by atoms with Crippen LogP contribution in [0.1, 0.15) is 17.3 Å². The van der Waals surface area contributed by atoms with Gasteiger partial charge in [-0.3, -0.25) is 14.4 Å². The maximum absolute atomic E-state index is 12.5. The van der Waals surface area contributed by atoms with Crippen molar-refractivity contribution in [3.05, 3.63) is 44.5 Å². The molecular weight excluding hydrogens is 272 g/mol. The molecule has 1 amide bonds. The summed E-state index contributed by atoms with van der Waals surface area (Å²) in [6, 6.07) is 5.01. The van der Waals surface area contributed by atoms with Gasteiger partial charge in [0, 0.05) is 31.2 Å². The maximum Gasteiger partial charge on any atom is 0.314 e. The highest BCUT2D eigenvalue weighted by atomic mass is 16.2. The fraction of sp³-hybridized carbons (Fsp3) is 0.357. The third-order valence-electron chi connectivity index (χ3n) is 3.73. The molecule has 1 aliphatic heterocycles. The lowest BCUT2D eigenvalue weighted by Gasteiger charge is -2.34. The first-order valence-corrected chi connectivity index (χ1v) is 6.84. The number of fused-ring (bicyclic) bond motifs is 1. The fourth-order valence-electron chi connectivity index (χ4n) is 2.56. The number of benzene rings is 1. The number of rotatable bonds is 1. The minimum Gasteiger partial charge on any atom is -0.333 e. The highest BCUT2D eigenvalue weighted by Crippen LogP contribution is 2.14. The van der Waals surface area contributed by atoms with Crippen molar-refractivity contribution >= 4 is 16.9 Å². The van der Waals surface area contributed by atoms with Gasteiger partial charge in [-0.1, -0.05) is 0 Å². The molecule has 1 aliphatic rings. The second-order valence-corrected chi connectivity index (χ2v) is 5.22. The van der Waals surface area contributed by atoms with Crippen molar-refractivity contribution in [1.29, 1.82) is 0 Å². The van der Waals surface area contributed by atoms with E-state index in [-0.39, 0.29) is 11.9 Å². The predicted octanol–water partition coefficient (Wildman–Crippen LogP) is -0.350. The standard InChI is InChI=1S/C14H16N4O3/c1-8-7-15-4-5-18(8)14(21)9-2-3-10-11(6-9)17-13(20)12(19)16-10/h2-3,6,8,15H,4-5,7H2,1H3,(H,16,19)(H,17,20)/t8-/m0/s1. The number of hydrogen-bond donors (Lipinski definition) is 3. The van der Waals surface area contributed by atoms with Crippen LogP contribution in [0.3, 0.4) is 0 Å². The van der Waals surface area contributed by atoms with Crippen molar-refractivity contribution in [3.8, 4) is 0 Å². The van der Waals surface area contributed by atoms with Crippen LogP contribution in [-0.2, 0) is 0 Å². The SMILES string of the molecule is C[C@H]1CNCCN1C(=O)c1ccc2[nH]c(=O)c(=O)[nH]c2c1. The molecule has 0 saturated carbocycles. The Hall–Kier alpha value is -2.41.